The van der Waals surface area contributed by atoms with Crippen LogP contribution in [-0.4, -0.2) is 17.7 Å². The van der Waals surface area contributed by atoms with Gasteiger partial charge in [-0.15, -0.1) is 0 Å². The Morgan fingerprint density at radius 3 is 2.87 bits per heavy atom. The second kappa shape index (κ2) is 4.67. The fourth-order valence-electron chi connectivity index (χ4n) is 1.02. The largest absolute Gasteiger partial charge is 0.507 e. The van der Waals surface area contributed by atoms with Gasteiger partial charge in [0.2, 0.25) is 0 Å². The van der Waals surface area contributed by atoms with Crippen molar-refractivity contribution in [2.75, 3.05) is 6.61 Å². The van der Waals surface area contributed by atoms with Gasteiger partial charge in [0.15, 0.2) is 0 Å². The molecule has 0 saturated carbocycles. The Morgan fingerprint density at radius 1 is 1.67 bits per heavy atom. The van der Waals surface area contributed by atoms with Gasteiger partial charge in [0.1, 0.15) is 17.4 Å². The predicted octanol–water partition coefficient (Wildman–Crippen LogP) is 2.09. The molecule has 0 radical (unpaired) electrons. The van der Waals surface area contributed by atoms with Crippen LogP contribution in [0, 0.1) is 11.3 Å². The van der Waals surface area contributed by atoms with E-state index in [0.29, 0.717) is 0 Å². The Kier molecular flexibility index (Phi) is 3.53. The number of aromatic hydroxyl groups is 1. The number of phenols is 1. The molecule has 0 spiro atoms. The van der Waals surface area contributed by atoms with Gasteiger partial charge in [-0.25, -0.2) is 4.79 Å². The molecule has 1 rings (SSSR count). The molecule has 5 heteroatoms. The molecule has 0 aliphatic rings. The number of carbonyl (C=O) groups excluding carboxylic acids is 1. The van der Waals surface area contributed by atoms with E-state index in [1.165, 1.54) is 6.07 Å². The first-order chi connectivity index (χ1) is 7.10. The summed E-state index contributed by atoms with van der Waals surface area (Å²) in [7, 11) is 0. The molecule has 0 aliphatic carbocycles. The van der Waals surface area contributed by atoms with Gasteiger partial charge in [-0.3, -0.25) is 0 Å². The number of rotatable bonds is 2. The molecule has 78 valence electrons. The minimum absolute atomic E-state index is 0.0576. The van der Waals surface area contributed by atoms with E-state index in [9.17, 15) is 9.90 Å². The highest BCUT2D eigenvalue weighted by Crippen LogP contribution is 2.26. The van der Waals surface area contributed by atoms with Crippen LogP contribution in [0.15, 0.2) is 12.1 Å². The number of hydrogen-bond donors (Lipinski definition) is 1. The number of carbonyl (C=O) groups is 1. The molecule has 0 aromatic heterocycles. The molecule has 4 nitrogen and oxygen atoms in total. The highest BCUT2D eigenvalue weighted by molar-refractivity contribution is 6.32. The smallest absolute Gasteiger partial charge is 0.341 e. The van der Waals surface area contributed by atoms with Gasteiger partial charge in [-0.2, -0.15) is 5.26 Å². The summed E-state index contributed by atoms with van der Waals surface area (Å²) >= 11 is 5.65. The standard InChI is InChI=1S/C10H8ClNO3/c1-2-15-10(14)7-3-6(5-12)8(11)4-9(7)13/h3-4,13H,2H2,1H3. The molecule has 0 bridgehead atoms. The molecule has 0 saturated heterocycles. The molecule has 15 heavy (non-hydrogen) atoms. The lowest BCUT2D eigenvalue weighted by atomic mass is 10.1. The highest BCUT2D eigenvalue weighted by Gasteiger charge is 2.15. The topological polar surface area (TPSA) is 70.3 Å². The fourth-order valence-corrected chi connectivity index (χ4v) is 1.22. The summed E-state index contributed by atoms with van der Waals surface area (Å²) in [6, 6.07) is 4.16. The third kappa shape index (κ3) is 2.39. The Morgan fingerprint density at radius 2 is 2.33 bits per heavy atom. The summed E-state index contributed by atoms with van der Waals surface area (Å²) in [6.45, 7) is 1.85. The third-order valence-electron chi connectivity index (χ3n) is 1.70. The summed E-state index contributed by atoms with van der Waals surface area (Å²) in [5.41, 5.74) is 0.0651. The van der Waals surface area contributed by atoms with Crippen molar-refractivity contribution in [2.45, 2.75) is 6.92 Å². The lowest BCUT2D eigenvalue weighted by Gasteiger charge is -2.05. The maximum Gasteiger partial charge on any atom is 0.341 e. The van der Waals surface area contributed by atoms with Crippen molar-refractivity contribution in [1.29, 1.82) is 5.26 Å². The van der Waals surface area contributed by atoms with E-state index in [1.54, 1.807) is 6.92 Å². The molecule has 1 aromatic carbocycles. The van der Waals surface area contributed by atoms with Gasteiger partial charge in [-0.1, -0.05) is 11.6 Å². The fraction of sp³-hybridized carbons (Fsp3) is 0.200. The van der Waals surface area contributed by atoms with E-state index in [-0.39, 0.29) is 28.5 Å². The van der Waals surface area contributed by atoms with Gasteiger partial charge < -0.3 is 9.84 Å². The van der Waals surface area contributed by atoms with E-state index < -0.39 is 5.97 Å². The lowest BCUT2D eigenvalue weighted by molar-refractivity contribution is 0.0523. The molecule has 1 aromatic rings. The first kappa shape index (κ1) is 11.3. The minimum Gasteiger partial charge on any atom is -0.507 e. The van der Waals surface area contributed by atoms with E-state index in [0.717, 1.165) is 6.07 Å². The predicted molar refractivity (Wildman–Crippen MR) is 53.8 cm³/mol. The summed E-state index contributed by atoms with van der Waals surface area (Å²) in [5.74, 6) is -0.972. The number of nitriles is 1. The zero-order chi connectivity index (χ0) is 11.4. The van der Waals surface area contributed by atoms with Crippen LogP contribution < -0.4 is 0 Å². The maximum atomic E-state index is 11.3. The van der Waals surface area contributed by atoms with Crippen molar-refractivity contribution in [3.05, 3.63) is 28.3 Å². The Hall–Kier alpha value is -1.73. The van der Waals surface area contributed by atoms with Gasteiger partial charge in [0.25, 0.3) is 0 Å². The van der Waals surface area contributed by atoms with E-state index in [4.69, 9.17) is 21.6 Å². The van der Waals surface area contributed by atoms with Crippen LogP contribution in [0.5, 0.6) is 5.75 Å². The zero-order valence-electron chi connectivity index (χ0n) is 7.95. The minimum atomic E-state index is -0.678. The van der Waals surface area contributed by atoms with Crippen molar-refractivity contribution in [1.82, 2.24) is 0 Å². The molecular formula is C10H8ClNO3. The van der Waals surface area contributed by atoms with E-state index in [1.807, 2.05) is 6.07 Å². The van der Waals surface area contributed by atoms with Crippen molar-refractivity contribution in [3.63, 3.8) is 0 Å². The summed E-state index contributed by atoms with van der Waals surface area (Å²) < 4.78 is 4.70. The van der Waals surface area contributed by atoms with Crippen LogP contribution in [0.25, 0.3) is 0 Å². The van der Waals surface area contributed by atoms with Gasteiger partial charge in [0, 0.05) is 6.07 Å². The number of esters is 1. The summed E-state index contributed by atoms with van der Waals surface area (Å²) in [4.78, 5) is 11.3. The van der Waals surface area contributed by atoms with Crippen LogP contribution in [0.3, 0.4) is 0 Å². The van der Waals surface area contributed by atoms with Crippen LogP contribution in [0.2, 0.25) is 5.02 Å². The van der Waals surface area contributed by atoms with Crippen LogP contribution in [0.4, 0.5) is 0 Å². The number of nitrogens with zero attached hydrogens (tertiary/aromatic N) is 1. The van der Waals surface area contributed by atoms with Gasteiger partial charge >= 0.3 is 5.97 Å². The number of hydrogen-bond acceptors (Lipinski definition) is 4. The Labute approximate surface area is 91.7 Å². The second-order valence-electron chi connectivity index (χ2n) is 2.68. The molecular weight excluding hydrogens is 218 g/mol. The quantitative estimate of drug-likeness (QED) is 0.783. The van der Waals surface area contributed by atoms with Crippen LogP contribution in [0.1, 0.15) is 22.8 Å². The molecule has 0 atom stereocenters. The SMILES string of the molecule is CCOC(=O)c1cc(C#N)c(Cl)cc1O. The molecule has 0 fully saturated rings. The molecule has 0 heterocycles. The maximum absolute atomic E-state index is 11.3. The van der Waals surface area contributed by atoms with Crippen molar-refractivity contribution in [3.8, 4) is 11.8 Å². The molecule has 0 amide bonds. The number of phenolic OH excluding ortho intramolecular Hbond substituents is 1. The Bertz CT molecular complexity index is 437. The van der Waals surface area contributed by atoms with Crippen LogP contribution in [-0.2, 0) is 4.74 Å². The molecule has 1 N–H and O–H groups in total. The zero-order valence-corrected chi connectivity index (χ0v) is 8.71. The number of halogens is 1. The van der Waals surface area contributed by atoms with Crippen molar-refractivity contribution < 1.29 is 14.6 Å². The average Bonchev–Trinajstić information content (AvgIpc) is 2.18. The summed E-state index contributed by atoms with van der Waals surface area (Å²) in [5, 5.41) is 18.2. The summed E-state index contributed by atoms with van der Waals surface area (Å²) in [6.07, 6.45) is 0. The third-order valence-corrected chi connectivity index (χ3v) is 2.01. The van der Waals surface area contributed by atoms with E-state index in [2.05, 4.69) is 0 Å². The number of ether oxygens (including phenoxy) is 1. The van der Waals surface area contributed by atoms with Crippen molar-refractivity contribution in [2.24, 2.45) is 0 Å². The van der Waals surface area contributed by atoms with Gasteiger partial charge in [-0.05, 0) is 13.0 Å². The second-order valence-corrected chi connectivity index (χ2v) is 3.09. The average molecular weight is 226 g/mol. The van der Waals surface area contributed by atoms with Crippen molar-refractivity contribution >= 4 is 17.6 Å². The highest BCUT2D eigenvalue weighted by atomic mass is 35.5. The normalized spacial score (nSPS) is 9.40. The Balaban J connectivity index is 3.20. The lowest BCUT2D eigenvalue weighted by Crippen LogP contribution is -2.05. The van der Waals surface area contributed by atoms with E-state index >= 15 is 0 Å². The monoisotopic (exact) mass is 225 g/mol. The molecule has 0 unspecified atom stereocenters. The first-order valence-corrected chi connectivity index (χ1v) is 4.57. The van der Waals surface area contributed by atoms with Gasteiger partial charge in [0.05, 0.1) is 17.2 Å². The number of benzene rings is 1. The first-order valence-electron chi connectivity index (χ1n) is 4.19. The molecule has 0 aliphatic heterocycles. The van der Waals surface area contributed by atoms with Crippen LogP contribution >= 0.6 is 11.6 Å².